The van der Waals surface area contributed by atoms with Crippen molar-refractivity contribution in [3.63, 3.8) is 0 Å². The fraction of sp³-hybridized carbons (Fsp3) is 0.667. The summed E-state index contributed by atoms with van der Waals surface area (Å²) < 4.78 is 0.697. The molecule has 0 fully saturated rings. The summed E-state index contributed by atoms with van der Waals surface area (Å²) in [5, 5.41) is 9.56. The molecule has 0 bridgehead atoms. The highest BCUT2D eigenvalue weighted by molar-refractivity contribution is 5.31. The van der Waals surface area contributed by atoms with Gasteiger partial charge >= 0.3 is 0 Å². The normalized spacial score (nSPS) is 11.8. The lowest BCUT2D eigenvalue weighted by Crippen LogP contribution is -2.31. The Morgan fingerprint density at radius 2 is 2.12 bits per heavy atom. The first kappa shape index (κ1) is 12.3. The highest BCUT2D eigenvalue weighted by atomic mass is 16.5. The Labute approximate surface area is 94.2 Å². The summed E-state index contributed by atoms with van der Waals surface area (Å²) >= 11 is 0. The standard InChI is InChI=1S/C9H18N6O/c1-4-6-11-8-13-9(14(3)5-2)12-7(10)15(8)16/h16H,4-6H2,1-3H3,(H2,10,11,12,13). The smallest absolute Gasteiger partial charge is 0.265 e. The van der Waals surface area contributed by atoms with Crippen LogP contribution in [-0.2, 0) is 0 Å². The van der Waals surface area contributed by atoms with Crippen molar-refractivity contribution >= 4 is 11.9 Å². The van der Waals surface area contributed by atoms with Crippen LogP contribution < -0.4 is 16.3 Å². The summed E-state index contributed by atoms with van der Waals surface area (Å²) in [5.74, 6) is 0.445. The molecule has 0 aliphatic rings. The predicted octanol–water partition coefficient (Wildman–Crippen LogP) is -0.136. The van der Waals surface area contributed by atoms with Gasteiger partial charge in [0.25, 0.3) is 5.62 Å². The van der Waals surface area contributed by atoms with Gasteiger partial charge in [-0.05, 0) is 13.3 Å². The highest BCUT2D eigenvalue weighted by Crippen LogP contribution is 2.02. The number of nitrogen functional groups attached to an aromatic ring is 1. The first-order chi connectivity index (χ1) is 7.60. The molecule has 1 aromatic rings. The van der Waals surface area contributed by atoms with Gasteiger partial charge < -0.3 is 15.8 Å². The van der Waals surface area contributed by atoms with Crippen molar-refractivity contribution in [1.29, 1.82) is 0 Å². The number of aromatic nitrogens is 3. The Morgan fingerprint density at radius 1 is 1.44 bits per heavy atom. The van der Waals surface area contributed by atoms with Gasteiger partial charge in [-0.2, -0.15) is 9.97 Å². The molecule has 0 unspecified atom stereocenters. The van der Waals surface area contributed by atoms with Crippen molar-refractivity contribution in [3.05, 3.63) is 5.62 Å². The zero-order valence-corrected chi connectivity index (χ0v) is 9.88. The minimum absolute atomic E-state index is 0.0137. The van der Waals surface area contributed by atoms with E-state index in [0.29, 0.717) is 17.2 Å². The largest absolute Gasteiger partial charge is 0.422 e. The van der Waals surface area contributed by atoms with Crippen LogP contribution >= 0.6 is 0 Å². The number of anilines is 2. The number of hydrogen-bond donors (Lipinski definition) is 2. The van der Waals surface area contributed by atoms with Crippen LogP contribution in [0.3, 0.4) is 0 Å². The van der Waals surface area contributed by atoms with Crippen LogP contribution in [0.1, 0.15) is 20.3 Å². The predicted molar refractivity (Wildman–Crippen MR) is 61.3 cm³/mol. The Kier molecular flexibility index (Phi) is 4.10. The van der Waals surface area contributed by atoms with Crippen molar-refractivity contribution in [2.24, 2.45) is 4.99 Å². The van der Waals surface area contributed by atoms with Crippen LogP contribution in [0.4, 0.5) is 11.9 Å². The van der Waals surface area contributed by atoms with Gasteiger partial charge in [-0.15, -0.1) is 4.73 Å². The summed E-state index contributed by atoms with van der Waals surface area (Å²) in [6, 6.07) is 0. The van der Waals surface area contributed by atoms with Crippen LogP contribution in [0.5, 0.6) is 0 Å². The van der Waals surface area contributed by atoms with Crippen molar-refractivity contribution in [3.8, 4) is 0 Å². The van der Waals surface area contributed by atoms with E-state index in [9.17, 15) is 5.21 Å². The summed E-state index contributed by atoms with van der Waals surface area (Å²) in [6.07, 6.45) is 0.878. The Balaban J connectivity index is 3.22. The second-order valence-electron chi connectivity index (χ2n) is 3.39. The van der Waals surface area contributed by atoms with E-state index in [1.165, 1.54) is 0 Å². The Bertz CT molecular complexity index is 413. The lowest BCUT2D eigenvalue weighted by Gasteiger charge is -2.14. The summed E-state index contributed by atoms with van der Waals surface area (Å²) in [7, 11) is 1.85. The molecule has 1 heterocycles. The molecule has 0 atom stereocenters. The molecule has 16 heavy (non-hydrogen) atoms. The maximum atomic E-state index is 9.56. The molecule has 7 nitrogen and oxygen atoms in total. The van der Waals surface area contributed by atoms with Crippen LogP contribution in [0.15, 0.2) is 4.99 Å². The van der Waals surface area contributed by atoms with E-state index in [2.05, 4.69) is 15.0 Å². The molecule has 0 aliphatic heterocycles. The molecule has 0 radical (unpaired) electrons. The minimum Gasteiger partial charge on any atom is -0.422 e. The quantitative estimate of drug-likeness (QED) is 0.697. The van der Waals surface area contributed by atoms with Crippen molar-refractivity contribution in [2.45, 2.75) is 20.3 Å². The average Bonchev–Trinajstić information content (AvgIpc) is 2.29. The van der Waals surface area contributed by atoms with Gasteiger partial charge in [-0.25, -0.2) is 4.99 Å². The Hall–Kier alpha value is -1.79. The van der Waals surface area contributed by atoms with Gasteiger partial charge in [0.15, 0.2) is 0 Å². The van der Waals surface area contributed by atoms with Crippen molar-refractivity contribution in [2.75, 3.05) is 30.8 Å². The van der Waals surface area contributed by atoms with E-state index < -0.39 is 0 Å². The first-order valence-electron chi connectivity index (χ1n) is 5.27. The molecule has 0 saturated heterocycles. The Morgan fingerprint density at radius 3 is 2.69 bits per heavy atom. The van der Waals surface area contributed by atoms with Gasteiger partial charge in [-0.1, -0.05) is 6.92 Å². The fourth-order valence-corrected chi connectivity index (χ4v) is 1.04. The van der Waals surface area contributed by atoms with Crippen LogP contribution in [0.2, 0.25) is 0 Å². The number of rotatable bonds is 4. The van der Waals surface area contributed by atoms with Gasteiger partial charge in [-0.3, -0.25) is 0 Å². The summed E-state index contributed by atoms with van der Waals surface area (Å²) in [4.78, 5) is 14.0. The van der Waals surface area contributed by atoms with Gasteiger partial charge in [0, 0.05) is 20.1 Å². The second-order valence-corrected chi connectivity index (χ2v) is 3.39. The molecule has 1 rings (SSSR count). The fourth-order valence-electron chi connectivity index (χ4n) is 1.04. The van der Waals surface area contributed by atoms with Crippen molar-refractivity contribution < 1.29 is 5.21 Å². The van der Waals surface area contributed by atoms with Gasteiger partial charge in [0.1, 0.15) is 0 Å². The molecule has 3 N–H and O–H groups in total. The number of hydrogen-bond acceptors (Lipinski definition) is 6. The third kappa shape index (κ3) is 2.62. The molecule has 7 heteroatoms. The molecule has 1 aromatic heterocycles. The zero-order chi connectivity index (χ0) is 12.1. The monoisotopic (exact) mass is 226 g/mol. The second kappa shape index (κ2) is 5.34. The summed E-state index contributed by atoms with van der Waals surface area (Å²) in [6.45, 7) is 5.31. The first-order valence-corrected chi connectivity index (χ1v) is 5.27. The van der Waals surface area contributed by atoms with Crippen LogP contribution in [0, 0.1) is 0 Å². The van der Waals surface area contributed by atoms with Gasteiger partial charge in [0.05, 0.1) is 0 Å². The van der Waals surface area contributed by atoms with E-state index in [-0.39, 0.29) is 11.6 Å². The van der Waals surface area contributed by atoms with Crippen LogP contribution in [-0.4, -0.2) is 40.0 Å². The maximum absolute atomic E-state index is 9.56. The lowest BCUT2D eigenvalue weighted by molar-refractivity contribution is 0.169. The lowest BCUT2D eigenvalue weighted by atomic mass is 10.5. The number of nitrogens with zero attached hydrogens (tertiary/aromatic N) is 5. The minimum atomic E-state index is -0.0137. The third-order valence-corrected chi connectivity index (χ3v) is 2.11. The van der Waals surface area contributed by atoms with E-state index >= 15 is 0 Å². The average molecular weight is 226 g/mol. The maximum Gasteiger partial charge on any atom is 0.265 e. The molecule has 0 spiro atoms. The van der Waals surface area contributed by atoms with E-state index in [4.69, 9.17) is 5.73 Å². The molecule has 0 amide bonds. The molecule has 0 aliphatic carbocycles. The number of nitrogens with two attached hydrogens (primary N) is 1. The molecule has 0 aromatic carbocycles. The molecular formula is C9H18N6O. The summed E-state index contributed by atoms with van der Waals surface area (Å²) in [5.41, 5.74) is 5.75. The van der Waals surface area contributed by atoms with E-state index in [1.807, 2.05) is 25.8 Å². The van der Waals surface area contributed by atoms with E-state index in [0.717, 1.165) is 13.0 Å². The zero-order valence-electron chi connectivity index (χ0n) is 9.88. The topological polar surface area (TPSA) is 92.6 Å². The highest BCUT2D eigenvalue weighted by Gasteiger charge is 2.07. The van der Waals surface area contributed by atoms with Crippen molar-refractivity contribution in [1.82, 2.24) is 14.7 Å². The van der Waals surface area contributed by atoms with E-state index in [1.54, 1.807) is 0 Å². The molecule has 0 saturated carbocycles. The van der Waals surface area contributed by atoms with Gasteiger partial charge in [0.2, 0.25) is 11.9 Å². The van der Waals surface area contributed by atoms with Crippen LogP contribution in [0.25, 0.3) is 0 Å². The SMILES string of the molecule is CCCN=c1nc(N(C)CC)nc(N)n1O. The molecule has 90 valence electrons. The third-order valence-electron chi connectivity index (χ3n) is 2.11. The molecular weight excluding hydrogens is 208 g/mol.